The van der Waals surface area contributed by atoms with Crippen LogP contribution < -0.4 is 0 Å². The molecule has 0 aromatic carbocycles. The van der Waals surface area contributed by atoms with Crippen LogP contribution in [-0.2, 0) is 0 Å². The Morgan fingerprint density at radius 3 is 2.92 bits per heavy atom. The van der Waals surface area contributed by atoms with E-state index in [4.69, 9.17) is 0 Å². The molecule has 0 amide bonds. The van der Waals surface area contributed by atoms with Gasteiger partial charge in [0, 0.05) is 18.4 Å². The van der Waals surface area contributed by atoms with E-state index >= 15 is 0 Å². The van der Waals surface area contributed by atoms with Gasteiger partial charge in [0.2, 0.25) is 0 Å². The van der Waals surface area contributed by atoms with Crippen molar-refractivity contribution in [3.8, 4) is 0 Å². The van der Waals surface area contributed by atoms with E-state index in [1.165, 1.54) is 13.0 Å². The van der Waals surface area contributed by atoms with E-state index in [2.05, 4.69) is 27.8 Å². The fraction of sp³-hybridized carbons (Fsp3) is 1.00. The van der Waals surface area contributed by atoms with Crippen molar-refractivity contribution in [2.24, 2.45) is 5.92 Å². The van der Waals surface area contributed by atoms with Gasteiger partial charge in [0.25, 0.3) is 0 Å². The standard InChI is InChI=1S/C10H20BrNO/c1-2-9(6-11)7-12-5-3-4-10(13)8-12/h9-10,13H,2-8H2,1H3. The minimum Gasteiger partial charge on any atom is -0.392 e. The molecule has 0 aromatic heterocycles. The summed E-state index contributed by atoms with van der Waals surface area (Å²) in [6.07, 6.45) is 3.28. The van der Waals surface area contributed by atoms with Crippen molar-refractivity contribution in [1.29, 1.82) is 0 Å². The summed E-state index contributed by atoms with van der Waals surface area (Å²) >= 11 is 3.53. The number of piperidine rings is 1. The Bertz CT molecular complexity index is 139. The van der Waals surface area contributed by atoms with Gasteiger partial charge in [0.15, 0.2) is 0 Å². The maximum Gasteiger partial charge on any atom is 0.0667 e. The average molecular weight is 250 g/mol. The SMILES string of the molecule is CCC(CBr)CN1CCCC(O)C1. The summed E-state index contributed by atoms with van der Waals surface area (Å²) in [4.78, 5) is 2.39. The Morgan fingerprint density at radius 2 is 2.38 bits per heavy atom. The van der Waals surface area contributed by atoms with Crippen LogP contribution in [0.2, 0.25) is 0 Å². The van der Waals surface area contributed by atoms with Crippen molar-refractivity contribution in [2.45, 2.75) is 32.3 Å². The monoisotopic (exact) mass is 249 g/mol. The number of halogens is 1. The van der Waals surface area contributed by atoms with Crippen LogP contribution in [0.5, 0.6) is 0 Å². The summed E-state index contributed by atoms with van der Waals surface area (Å²) in [6, 6.07) is 0. The van der Waals surface area contributed by atoms with Gasteiger partial charge < -0.3 is 10.0 Å². The quantitative estimate of drug-likeness (QED) is 0.770. The molecule has 1 fully saturated rings. The van der Waals surface area contributed by atoms with E-state index in [1.807, 2.05) is 0 Å². The zero-order valence-electron chi connectivity index (χ0n) is 8.38. The molecule has 78 valence electrons. The first kappa shape index (κ1) is 11.5. The summed E-state index contributed by atoms with van der Waals surface area (Å²) in [5.41, 5.74) is 0. The molecule has 1 rings (SSSR count). The lowest BCUT2D eigenvalue weighted by Crippen LogP contribution is -2.41. The van der Waals surface area contributed by atoms with Crippen LogP contribution in [-0.4, -0.2) is 41.1 Å². The summed E-state index contributed by atoms with van der Waals surface area (Å²) in [6.45, 7) is 5.41. The third kappa shape index (κ3) is 3.96. The molecule has 13 heavy (non-hydrogen) atoms. The number of hydrogen-bond donors (Lipinski definition) is 1. The number of aliphatic hydroxyl groups excluding tert-OH is 1. The second-order valence-electron chi connectivity index (χ2n) is 3.98. The Kier molecular flexibility index (Phi) is 5.29. The molecule has 1 aliphatic rings. The molecule has 1 aliphatic heterocycles. The summed E-state index contributed by atoms with van der Waals surface area (Å²) in [5.74, 6) is 0.741. The molecule has 0 radical (unpaired) electrons. The molecule has 0 saturated carbocycles. The van der Waals surface area contributed by atoms with Gasteiger partial charge in [0.05, 0.1) is 6.10 Å². The van der Waals surface area contributed by atoms with Crippen LogP contribution in [0.1, 0.15) is 26.2 Å². The van der Waals surface area contributed by atoms with Crippen molar-refractivity contribution in [2.75, 3.05) is 25.0 Å². The van der Waals surface area contributed by atoms with E-state index in [1.54, 1.807) is 0 Å². The maximum absolute atomic E-state index is 9.48. The number of aliphatic hydroxyl groups is 1. The highest BCUT2D eigenvalue weighted by molar-refractivity contribution is 9.09. The zero-order valence-corrected chi connectivity index (χ0v) is 9.96. The molecule has 2 atom stereocenters. The minimum absolute atomic E-state index is 0.0819. The molecule has 0 aromatic rings. The number of rotatable bonds is 4. The predicted octanol–water partition coefficient (Wildman–Crippen LogP) is 1.86. The van der Waals surface area contributed by atoms with E-state index < -0.39 is 0 Å². The van der Waals surface area contributed by atoms with Gasteiger partial charge in [-0.05, 0) is 25.3 Å². The van der Waals surface area contributed by atoms with E-state index in [9.17, 15) is 5.11 Å². The lowest BCUT2D eigenvalue weighted by molar-refractivity contribution is 0.0636. The third-order valence-electron chi connectivity index (χ3n) is 2.79. The first-order chi connectivity index (χ1) is 6.26. The maximum atomic E-state index is 9.48. The van der Waals surface area contributed by atoms with Gasteiger partial charge in [-0.15, -0.1) is 0 Å². The molecule has 0 bridgehead atoms. The number of likely N-dealkylation sites (tertiary alicyclic amines) is 1. The fourth-order valence-electron chi connectivity index (χ4n) is 1.85. The van der Waals surface area contributed by atoms with Gasteiger partial charge in [0.1, 0.15) is 0 Å². The molecule has 0 aliphatic carbocycles. The smallest absolute Gasteiger partial charge is 0.0667 e. The zero-order chi connectivity index (χ0) is 9.68. The van der Waals surface area contributed by atoms with E-state index in [0.29, 0.717) is 0 Å². The Morgan fingerprint density at radius 1 is 1.62 bits per heavy atom. The van der Waals surface area contributed by atoms with Gasteiger partial charge >= 0.3 is 0 Å². The third-order valence-corrected chi connectivity index (χ3v) is 3.71. The summed E-state index contributed by atoms with van der Waals surface area (Å²) in [5, 5.41) is 10.6. The van der Waals surface area contributed by atoms with Gasteiger partial charge in [-0.25, -0.2) is 0 Å². The predicted molar refractivity (Wildman–Crippen MR) is 59.3 cm³/mol. The second kappa shape index (κ2) is 5.99. The highest BCUT2D eigenvalue weighted by atomic mass is 79.9. The van der Waals surface area contributed by atoms with E-state index in [-0.39, 0.29) is 6.10 Å². The second-order valence-corrected chi connectivity index (χ2v) is 4.63. The Balaban J connectivity index is 2.26. The van der Waals surface area contributed by atoms with Gasteiger partial charge in [-0.3, -0.25) is 0 Å². The van der Waals surface area contributed by atoms with E-state index in [0.717, 1.165) is 37.2 Å². The molecule has 1 heterocycles. The molecule has 2 nitrogen and oxygen atoms in total. The Hall–Kier alpha value is 0.400. The highest BCUT2D eigenvalue weighted by Crippen LogP contribution is 2.14. The topological polar surface area (TPSA) is 23.5 Å². The molecular formula is C10H20BrNO. The van der Waals surface area contributed by atoms with Crippen LogP contribution in [0.25, 0.3) is 0 Å². The van der Waals surface area contributed by atoms with Crippen LogP contribution in [0, 0.1) is 5.92 Å². The fourth-order valence-corrected chi connectivity index (χ4v) is 2.51. The Labute approximate surface area is 89.4 Å². The largest absolute Gasteiger partial charge is 0.392 e. The molecule has 1 saturated heterocycles. The first-order valence-electron chi connectivity index (χ1n) is 5.22. The number of hydrogen-bond acceptors (Lipinski definition) is 2. The summed E-state index contributed by atoms with van der Waals surface area (Å²) in [7, 11) is 0. The lowest BCUT2D eigenvalue weighted by atomic mass is 10.0. The van der Waals surface area contributed by atoms with Crippen molar-refractivity contribution in [3.05, 3.63) is 0 Å². The molecule has 3 heteroatoms. The van der Waals surface area contributed by atoms with Gasteiger partial charge in [-0.2, -0.15) is 0 Å². The van der Waals surface area contributed by atoms with Crippen molar-refractivity contribution in [1.82, 2.24) is 4.90 Å². The molecule has 1 N–H and O–H groups in total. The van der Waals surface area contributed by atoms with Crippen LogP contribution in [0.4, 0.5) is 0 Å². The van der Waals surface area contributed by atoms with Gasteiger partial charge in [-0.1, -0.05) is 29.3 Å². The highest BCUT2D eigenvalue weighted by Gasteiger charge is 2.19. The average Bonchev–Trinajstić information content (AvgIpc) is 2.14. The number of nitrogens with zero attached hydrogens (tertiary/aromatic N) is 1. The normalized spacial score (nSPS) is 27.5. The van der Waals surface area contributed by atoms with Crippen LogP contribution in [0.15, 0.2) is 0 Å². The molecular weight excluding hydrogens is 230 g/mol. The van der Waals surface area contributed by atoms with Crippen LogP contribution >= 0.6 is 15.9 Å². The molecule has 0 spiro atoms. The van der Waals surface area contributed by atoms with Crippen molar-refractivity contribution in [3.63, 3.8) is 0 Å². The van der Waals surface area contributed by atoms with Crippen LogP contribution in [0.3, 0.4) is 0 Å². The van der Waals surface area contributed by atoms with Crippen molar-refractivity contribution >= 4 is 15.9 Å². The number of β-amino-alcohol motifs (C(OH)–C–C–N with tert-alkyl or cyclic N) is 1. The van der Waals surface area contributed by atoms with Crippen molar-refractivity contribution < 1.29 is 5.11 Å². The lowest BCUT2D eigenvalue weighted by Gasteiger charge is -2.32. The molecule has 2 unspecified atom stereocenters. The number of alkyl halides is 1. The summed E-state index contributed by atoms with van der Waals surface area (Å²) < 4.78 is 0. The minimum atomic E-state index is -0.0819. The first-order valence-corrected chi connectivity index (χ1v) is 6.34.